The third-order valence-electron chi connectivity index (χ3n) is 3.51. The van der Waals surface area contributed by atoms with Crippen LogP contribution in [-0.4, -0.2) is 30.6 Å². The Morgan fingerprint density at radius 3 is 2.45 bits per heavy atom. The van der Waals surface area contributed by atoms with Crippen LogP contribution < -0.4 is 10.5 Å². The first-order valence-corrected chi connectivity index (χ1v) is 7.83. The van der Waals surface area contributed by atoms with Crippen LogP contribution in [0.4, 0.5) is 0 Å². The minimum atomic E-state index is 0.181. The largest absolute Gasteiger partial charge is 0.491 e. The third kappa shape index (κ3) is 4.80. The molecule has 1 rings (SSSR count). The van der Waals surface area contributed by atoms with E-state index in [1.165, 1.54) is 18.4 Å². The van der Waals surface area contributed by atoms with Crippen molar-refractivity contribution in [2.45, 2.75) is 52.7 Å². The SMILES string of the molecule is CCCCN(CC)C(CN)c1ccccc1OC(C)C. The van der Waals surface area contributed by atoms with E-state index >= 15 is 0 Å². The molecule has 0 spiro atoms. The molecule has 0 aromatic heterocycles. The van der Waals surface area contributed by atoms with Gasteiger partial charge in [0.25, 0.3) is 0 Å². The maximum atomic E-state index is 6.06. The van der Waals surface area contributed by atoms with Crippen molar-refractivity contribution in [3.8, 4) is 5.75 Å². The number of hydrogen-bond donors (Lipinski definition) is 1. The molecule has 3 heteroatoms. The summed E-state index contributed by atoms with van der Waals surface area (Å²) in [5.74, 6) is 0.966. The minimum absolute atomic E-state index is 0.181. The number of ether oxygens (including phenoxy) is 1. The Bertz CT molecular complexity index is 379. The van der Waals surface area contributed by atoms with Crippen LogP contribution in [0.15, 0.2) is 24.3 Å². The van der Waals surface area contributed by atoms with Crippen LogP contribution >= 0.6 is 0 Å². The predicted molar refractivity (Wildman–Crippen MR) is 86.2 cm³/mol. The summed E-state index contributed by atoms with van der Waals surface area (Å²) in [7, 11) is 0. The van der Waals surface area contributed by atoms with Crippen molar-refractivity contribution in [2.24, 2.45) is 5.73 Å². The lowest BCUT2D eigenvalue weighted by molar-refractivity contribution is 0.193. The number of hydrogen-bond acceptors (Lipinski definition) is 3. The van der Waals surface area contributed by atoms with Gasteiger partial charge in [-0.25, -0.2) is 0 Å². The zero-order valence-corrected chi connectivity index (χ0v) is 13.4. The molecule has 0 radical (unpaired) electrons. The molecule has 0 aliphatic rings. The van der Waals surface area contributed by atoms with Gasteiger partial charge in [-0.2, -0.15) is 0 Å². The predicted octanol–water partition coefficient (Wildman–Crippen LogP) is 3.60. The second-order valence-electron chi connectivity index (χ2n) is 5.44. The maximum Gasteiger partial charge on any atom is 0.124 e. The lowest BCUT2D eigenvalue weighted by Crippen LogP contribution is -2.34. The smallest absolute Gasteiger partial charge is 0.124 e. The molecule has 0 aliphatic carbocycles. The summed E-state index contributed by atoms with van der Waals surface area (Å²) in [6.07, 6.45) is 2.59. The van der Waals surface area contributed by atoms with Gasteiger partial charge in [0.05, 0.1) is 12.1 Å². The van der Waals surface area contributed by atoms with Crippen molar-refractivity contribution in [2.75, 3.05) is 19.6 Å². The molecule has 0 saturated carbocycles. The summed E-state index contributed by atoms with van der Waals surface area (Å²) >= 11 is 0. The Morgan fingerprint density at radius 2 is 1.90 bits per heavy atom. The number of unbranched alkanes of at least 4 members (excludes halogenated alkanes) is 1. The Morgan fingerprint density at radius 1 is 1.20 bits per heavy atom. The number of nitrogens with zero attached hydrogens (tertiary/aromatic N) is 1. The van der Waals surface area contributed by atoms with Gasteiger partial charge in [-0.1, -0.05) is 38.5 Å². The van der Waals surface area contributed by atoms with Crippen molar-refractivity contribution >= 4 is 0 Å². The highest BCUT2D eigenvalue weighted by molar-refractivity contribution is 5.36. The molecule has 3 nitrogen and oxygen atoms in total. The Hall–Kier alpha value is -1.06. The summed E-state index contributed by atoms with van der Waals surface area (Å²) in [5, 5.41) is 0. The van der Waals surface area contributed by atoms with E-state index in [1.54, 1.807) is 0 Å². The Balaban J connectivity index is 2.97. The van der Waals surface area contributed by atoms with Gasteiger partial charge >= 0.3 is 0 Å². The highest BCUT2D eigenvalue weighted by Crippen LogP contribution is 2.29. The Labute approximate surface area is 124 Å². The van der Waals surface area contributed by atoms with Crippen molar-refractivity contribution < 1.29 is 4.74 Å². The van der Waals surface area contributed by atoms with Gasteiger partial charge in [0.15, 0.2) is 0 Å². The van der Waals surface area contributed by atoms with Gasteiger partial charge in [-0.15, -0.1) is 0 Å². The van der Waals surface area contributed by atoms with Gasteiger partial charge in [-0.3, -0.25) is 4.90 Å². The van der Waals surface area contributed by atoms with Gasteiger partial charge < -0.3 is 10.5 Å². The fourth-order valence-corrected chi connectivity index (χ4v) is 2.49. The van der Waals surface area contributed by atoms with Crippen LogP contribution in [0.3, 0.4) is 0 Å². The van der Waals surface area contributed by atoms with Crippen LogP contribution in [0.2, 0.25) is 0 Å². The average molecular weight is 278 g/mol. The fourth-order valence-electron chi connectivity index (χ4n) is 2.49. The second-order valence-corrected chi connectivity index (χ2v) is 5.44. The first kappa shape index (κ1) is 17.0. The van der Waals surface area contributed by atoms with Crippen molar-refractivity contribution in [3.05, 3.63) is 29.8 Å². The van der Waals surface area contributed by atoms with Gasteiger partial charge in [0.2, 0.25) is 0 Å². The highest BCUT2D eigenvalue weighted by atomic mass is 16.5. The molecule has 1 unspecified atom stereocenters. The first-order chi connectivity index (χ1) is 9.63. The summed E-state index contributed by atoms with van der Waals surface area (Å²) in [5.41, 5.74) is 7.27. The Kier molecular flexibility index (Phi) is 7.63. The van der Waals surface area contributed by atoms with E-state index in [2.05, 4.69) is 44.7 Å². The molecule has 1 atom stereocenters. The van der Waals surface area contributed by atoms with E-state index in [-0.39, 0.29) is 12.1 Å². The topological polar surface area (TPSA) is 38.5 Å². The van der Waals surface area contributed by atoms with Crippen molar-refractivity contribution in [3.63, 3.8) is 0 Å². The average Bonchev–Trinajstić information content (AvgIpc) is 2.44. The normalized spacial score (nSPS) is 12.9. The highest BCUT2D eigenvalue weighted by Gasteiger charge is 2.21. The number of likely N-dealkylation sites (N-methyl/N-ethyl adjacent to an activating group) is 1. The summed E-state index contributed by atoms with van der Waals surface area (Å²) in [6.45, 7) is 11.3. The summed E-state index contributed by atoms with van der Waals surface area (Å²) < 4.78 is 5.95. The monoisotopic (exact) mass is 278 g/mol. The third-order valence-corrected chi connectivity index (χ3v) is 3.51. The number of benzene rings is 1. The molecule has 114 valence electrons. The second kappa shape index (κ2) is 8.98. The number of rotatable bonds is 9. The molecule has 1 aromatic rings. The van der Waals surface area contributed by atoms with Crippen LogP contribution in [-0.2, 0) is 0 Å². The number of nitrogens with two attached hydrogens (primary N) is 1. The van der Waals surface area contributed by atoms with Crippen LogP contribution in [0.1, 0.15) is 52.1 Å². The van der Waals surface area contributed by atoms with Crippen LogP contribution in [0, 0.1) is 0 Å². The molecule has 20 heavy (non-hydrogen) atoms. The molecular formula is C17H30N2O. The molecule has 2 N–H and O–H groups in total. The molecule has 0 fully saturated rings. The summed E-state index contributed by atoms with van der Waals surface area (Å²) in [6, 6.07) is 8.52. The minimum Gasteiger partial charge on any atom is -0.491 e. The molecule has 0 bridgehead atoms. The molecular weight excluding hydrogens is 248 g/mol. The molecule has 0 saturated heterocycles. The molecule has 0 amide bonds. The van der Waals surface area contributed by atoms with Gasteiger partial charge in [0.1, 0.15) is 5.75 Å². The summed E-state index contributed by atoms with van der Waals surface area (Å²) in [4.78, 5) is 2.45. The lowest BCUT2D eigenvalue weighted by Gasteiger charge is -2.31. The van der Waals surface area contributed by atoms with Crippen LogP contribution in [0.25, 0.3) is 0 Å². The lowest BCUT2D eigenvalue weighted by atomic mass is 10.0. The standard InChI is InChI=1S/C17H30N2O/c1-5-7-12-19(6-2)16(13-18)15-10-8-9-11-17(15)20-14(3)4/h8-11,14,16H,5-7,12-13,18H2,1-4H3. The van der Waals surface area contributed by atoms with Crippen molar-refractivity contribution in [1.82, 2.24) is 4.90 Å². The zero-order valence-electron chi connectivity index (χ0n) is 13.4. The first-order valence-electron chi connectivity index (χ1n) is 7.83. The van der Waals surface area contributed by atoms with E-state index in [1.807, 2.05) is 12.1 Å². The number of para-hydroxylation sites is 1. The van der Waals surface area contributed by atoms with E-state index in [4.69, 9.17) is 10.5 Å². The molecule has 0 aliphatic heterocycles. The zero-order chi connectivity index (χ0) is 15.0. The van der Waals surface area contributed by atoms with Gasteiger partial charge in [-0.05, 0) is 39.4 Å². The molecule has 1 aromatic carbocycles. The molecule has 0 heterocycles. The van der Waals surface area contributed by atoms with Crippen LogP contribution in [0.5, 0.6) is 5.75 Å². The maximum absolute atomic E-state index is 6.06. The van der Waals surface area contributed by atoms with Crippen molar-refractivity contribution in [1.29, 1.82) is 0 Å². The van der Waals surface area contributed by atoms with E-state index in [0.29, 0.717) is 6.54 Å². The van der Waals surface area contributed by atoms with E-state index in [9.17, 15) is 0 Å². The fraction of sp³-hybridized carbons (Fsp3) is 0.647. The van der Waals surface area contributed by atoms with Gasteiger partial charge in [0, 0.05) is 12.1 Å². The van der Waals surface area contributed by atoms with E-state index < -0.39 is 0 Å². The van der Waals surface area contributed by atoms with E-state index in [0.717, 1.165) is 18.8 Å². The quantitative estimate of drug-likeness (QED) is 0.750.